The molecule has 108 valence electrons. The average Bonchev–Trinajstić information content (AvgIpc) is 2.45. The first kappa shape index (κ1) is 15.7. The maximum absolute atomic E-state index is 10.9. The van der Waals surface area contributed by atoms with E-state index in [-0.39, 0.29) is 5.56 Å². The normalized spacial score (nSPS) is 10.8. The van der Waals surface area contributed by atoms with Gasteiger partial charge in [0.25, 0.3) is 0 Å². The highest BCUT2D eigenvalue weighted by Gasteiger charge is 2.04. The Morgan fingerprint density at radius 2 is 1.90 bits per heavy atom. The van der Waals surface area contributed by atoms with Crippen LogP contribution in [0.2, 0.25) is 0 Å². The van der Waals surface area contributed by atoms with E-state index in [2.05, 4.69) is 37.0 Å². The van der Waals surface area contributed by atoms with Gasteiger partial charge in [-0.3, -0.25) is 0 Å². The molecular formula is C15H11Br2NO3. The molecule has 0 atom stereocenters. The number of oxime groups is 1. The van der Waals surface area contributed by atoms with Crippen molar-refractivity contribution in [3.05, 3.63) is 62.0 Å². The van der Waals surface area contributed by atoms with E-state index in [1.54, 1.807) is 18.3 Å². The summed E-state index contributed by atoms with van der Waals surface area (Å²) in [5, 5.41) is 12.8. The summed E-state index contributed by atoms with van der Waals surface area (Å²) in [4.78, 5) is 16.0. The molecule has 6 heteroatoms. The Morgan fingerprint density at radius 3 is 2.52 bits per heavy atom. The summed E-state index contributed by atoms with van der Waals surface area (Å²) in [6.45, 7) is 1.99. The topological polar surface area (TPSA) is 58.9 Å². The molecule has 0 saturated heterocycles. The van der Waals surface area contributed by atoms with E-state index in [0.717, 1.165) is 20.1 Å². The monoisotopic (exact) mass is 411 g/mol. The van der Waals surface area contributed by atoms with Gasteiger partial charge in [0.05, 0.1) is 11.8 Å². The fourth-order valence-corrected chi connectivity index (χ4v) is 2.80. The van der Waals surface area contributed by atoms with Gasteiger partial charge in [-0.1, -0.05) is 43.1 Å². The van der Waals surface area contributed by atoms with Crippen molar-refractivity contribution in [2.45, 2.75) is 6.92 Å². The summed E-state index contributed by atoms with van der Waals surface area (Å²) >= 11 is 6.92. The second-order valence-corrected chi connectivity index (χ2v) is 5.98. The molecule has 2 aromatic rings. The van der Waals surface area contributed by atoms with Crippen LogP contribution in [-0.4, -0.2) is 17.3 Å². The Hall–Kier alpha value is -1.66. The predicted octanol–water partition coefficient (Wildman–Crippen LogP) is 4.63. The van der Waals surface area contributed by atoms with E-state index in [9.17, 15) is 4.79 Å². The third-order valence-corrected chi connectivity index (χ3v) is 4.39. The molecule has 0 aromatic heterocycles. The molecule has 0 bridgehead atoms. The lowest BCUT2D eigenvalue weighted by Gasteiger charge is -2.03. The van der Waals surface area contributed by atoms with Crippen molar-refractivity contribution < 1.29 is 14.7 Å². The van der Waals surface area contributed by atoms with E-state index in [1.165, 1.54) is 12.1 Å². The minimum Gasteiger partial charge on any atom is -0.478 e. The highest BCUT2D eigenvalue weighted by atomic mass is 79.9. The molecule has 0 heterocycles. The predicted molar refractivity (Wildman–Crippen MR) is 88.2 cm³/mol. The van der Waals surface area contributed by atoms with Gasteiger partial charge in [0.15, 0.2) is 5.75 Å². The number of carboxylic acid groups (broad SMARTS) is 1. The van der Waals surface area contributed by atoms with Crippen LogP contribution in [0.4, 0.5) is 0 Å². The summed E-state index contributed by atoms with van der Waals surface area (Å²) < 4.78 is 1.93. The molecule has 0 amide bonds. The molecule has 21 heavy (non-hydrogen) atoms. The molecular weight excluding hydrogens is 402 g/mol. The lowest BCUT2D eigenvalue weighted by atomic mass is 10.2. The van der Waals surface area contributed by atoms with Crippen LogP contribution < -0.4 is 4.84 Å². The zero-order valence-electron chi connectivity index (χ0n) is 11.0. The molecule has 0 radical (unpaired) electrons. The molecule has 0 fully saturated rings. The van der Waals surface area contributed by atoms with Gasteiger partial charge in [-0.15, -0.1) is 0 Å². The average molecular weight is 413 g/mol. The molecule has 0 aliphatic rings. The van der Waals surface area contributed by atoms with Crippen LogP contribution in [0.1, 0.15) is 21.5 Å². The highest BCUT2D eigenvalue weighted by molar-refractivity contribution is 9.11. The minimum atomic E-state index is -1.00. The first-order valence-electron chi connectivity index (χ1n) is 5.97. The number of halogens is 2. The molecule has 1 N–H and O–H groups in total. The Morgan fingerprint density at radius 1 is 1.24 bits per heavy atom. The van der Waals surface area contributed by atoms with Crippen LogP contribution in [0, 0.1) is 6.92 Å². The van der Waals surface area contributed by atoms with Gasteiger partial charge in [0, 0.05) is 8.95 Å². The first-order valence-corrected chi connectivity index (χ1v) is 7.55. The highest BCUT2D eigenvalue weighted by Crippen LogP contribution is 2.25. The smallest absolute Gasteiger partial charge is 0.335 e. The maximum Gasteiger partial charge on any atom is 0.335 e. The van der Waals surface area contributed by atoms with Crippen molar-refractivity contribution in [2.75, 3.05) is 0 Å². The number of aromatic carboxylic acids is 1. The van der Waals surface area contributed by atoms with Crippen LogP contribution in [0.25, 0.3) is 0 Å². The fourth-order valence-electron chi connectivity index (χ4n) is 1.57. The Kier molecular flexibility index (Phi) is 5.14. The Labute approximate surface area is 138 Å². The minimum absolute atomic E-state index is 0.156. The van der Waals surface area contributed by atoms with E-state index >= 15 is 0 Å². The largest absolute Gasteiger partial charge is 0.478 e. The second kappa shape index (κ2) is 6.87. The van der Waals surface area contributed by atoms with Crippen LogP contribution in [0.3, 0.4) is 0 Å². The lowest BCUT2D eigenvalue weighted by molar-refractivity contribution is 0.0696. The first-order chi connectivity index (χ1) is 9.97. The van der Waals surface area contributed by atoms with Crippen molar-refractivity contribution in [3.8, 4) is 5.75 Å². The van der Waals surface area contributed by atoms with Gasteiger partial charge < -0.3 is 9.94 Å². The number of hydrogen-bond acceptors (Lipinski definition) is 3. The summed E-state index contributed by atoms with van der Waals surface area (Å²) in [6, 6.07) is 9.99. The molecule has 0 spiro atoms. The summed E-state index contributed by atoms with van der Waals surface area (Å²) in [6.07, 6.45) is 1.56. The SMILES string of the molecule is Cc1c(Br)cc(/C=N/Oc2cccc(C(=O)O)c2)cc1Br. The number of carboxylic acids is 1. The van der Waals surface area contributed by atoms with Gasteiger partial charge in [0.1, 0.15) is 0 Å². The quantitative estimate of drug-likeness (QED) is 0.588. The number of benzene rings is 2. The van der Waals surface area contributed by atoms with Gasteiger partial charge in [-0.25, -0.2) is 4.79 Å². The third-order valence-electron chi connectivity index (χ3n) is 2.74. The fraction of sp³-hybridized carbons (Fsp3) is 0.0667. The molecule has 2 rings (SSSR count). The third kappa shape index (κ3) is 4.15. The Balaban J connectivity index is 2.12. The van der Waals surface area contributed by atoms with Crippen molar-refractivity contribution in [1.29, 1.82) is 0 Å². The maximum atomic E-state index is 10.9. The number of carbonyl (C=O) groups is 1. The molecule has 0 saturated carbocycles. The second-order valence-electron chi connectivity index (χ2n) is 4.27. The lowest BCUT2D eigenvalue weighted by Crippen LogP contribution is -1.96. The van der Waals surface area contributed by atoms with Gasteiger partial charge in [-0.05, 0) is 48.4 Å². The van der Waals surface area contributed by atoms with Crippen molar-refractivity contribution in [3.63, 3.8) is 0 Å². The van der Waals surface area contributed by atoms with Crippen LogP contribution in [0.5, 0.6) is 5.75 Å². The Bertz CT molecular complexity index is 691. The molecule has 0 aliphatic carbocycles. The zero-order valence-corrected chi connectivity index (χ0v) is 14.2. The van der Waals surface area contributed by atoms with Gasteiger partial charge in [0.2, 0.25) is 0 Å². The van der Waals surface area contributed by atoms with E-state index in [4.69, 9.17) is 9.94 Å². The number of nitrogens with zero attached hydrogens (tertiary/aromatic N) is 1. The summed E-state index contributed by atoms with van der Waals surface area (Å²) in [7, 11) is 0. The molecule has 4 nitrogen and oxygen atoms in total. The number of hydrogen-bond donors (Lipinski definition) is 1. The van der Waals surface area contributed by atoms with E-state index in [1.807, 2.05) is 19.1 Å². The molecule has 2 aromatic carbocycles. The standard InChI is InChI=1S/C15H11Br2NO3/c1-9-13(16)5-10(6-14(9)17)8-18-21-12-4-2-3-11(7-12)15(19)20/h2-8H,1H3,(H,19,20)/b18-8+. The van der Waals surface area contributed by atoms with Crippen molar-refractivity contribution >= 4 is 44.0 Å². The van der Waals surface area contributed by atoms with Crippen molar-refractivity contribution in [2.24, 2.45) is 5.16 Å². The van der Waals surface area contributed by atoms with Crippen LogP contribution in [-0.2, 0) is 0 Å². The molecule has 0 aliphatic heterocycles. The summed E-state index contributed by atoms with van der Waals surface area (Å²) in [5.74, 6) is -0.632. The zero-order chi connectivity index (χ0) is 15.4. The summed E-state index contributed by atoms with van der Waals surface area (Å²) in [5.41, 5.74) is 2.11. The van der Waals surface area contributed by atoms with Crippen molar-refractivity contribution in [1.82, 2.24) is 0 Å². The van der Waals surface area contributed by atoms with Crippen LogP contribution in [0.15, 0.2) is 50.5 Å². The van der Waals surface area contributed by atoms with E-state index < -0.39 is 5.97 Å². The van der Waals surface area contributed by atoms with Gasteiger partial charge >= 0.3 is 5.97 Å². The van der Waals surface area contributed by atoms with Gasteiger partial charge in [-0.2, -0.15) is 0 Å². The molecule has 0 unspecified atom stereocenters. The van der Waals surface area contributed by atoms with Crippen LogP contribution >= 0.6 is 31.9 Å². The van der Waals surface area contributed by atoms with E-state index in [0.29, 0.717) is 5.75 Å². The number of rotatable bonds is 4.